The van der Waals surface area contributed by atoms with Crippen LogP contribution in [0.5, 0.6) is 58.1 Å². The largest absolute Gasteiger partial charge is 0.444 e. The minimum atomic E-state index is -4.64. The smallest absolute Gasteiger partial charge is 0.417 e. The number of halogens is 5. The molecule has 7 N–H and O–H groups in total. The summed E-state index contributed by atoms with van der Waals surface area (Å²) >= 11 is 13.3. The Bertz CT molecular complexity index is 6300. The van der Waals surface area contributed by atoms with Gasteiger partial charge >= 0.3 is 30.5 Å². The van der Waals surface area contributed by atoms with E-state index >= 15 is 0 Å². The number of ether oxygens (including phenoxy) is 8. The number of thiazole rings is 3. The summed E-state index contributed by atoms with van der Waals surface area (Å²) in [6, 6.07) is 44.5. The van der Waals surface area contributed by atoms with E-state index in [0.29, 0.717) is 86.0 Å². The Hall–Kier alpha value is -14.6. The molecule has 0 fully saturated rings. The number of benzene rings is 6. The quantitative estimate of drug-likeness (QED) is 0.0168. The van der Waals surface area contributed by atoms with Crippen molar-refractivity contribution in [1.29, 1.82) is 0 Å². The molecule has 135 heavy (non-hydrogen) atoms. The summed E-state index contributed by atoms with van der Waals surface area (Å²) < 4.78 is 83.2. The fourth-order valence-electron chi connectivity index (χ4n) is 10.4. The number of anilines is 6. The molecule has 712 valence electrons. The Morgan fingerprint density at radius 2 is 0.674 bits per heavy atom. The summed E-state index contributed by atoms with van der Waals surface area (Å²) in [5.41, 5.74) is 10.3. The van der Waals surface area contributed by atoms with E-state index < -0.39 is 57.9 Å². The number of nitrogens with two attached hydrogens (primary N) is 1. The zero-order valence-electron chi connectivity index (χ0n) is 71.7. The molecular weight excluding hydrogens is 1890 g/mol. The van der Waals surface area contributed by atoms with Gasteiger partial charge in [0.25, 0.3) is 0 Å². The van der Waals surface area contributed by atoms with Crippen LogP contribution in [0.15, 0.2) is 218 Å². The number of amides is 5. The van der Waals surface area contributed by atoms with Crippen molar-refractivity contribution < 1.29 is 79.8 Å². The average molecular weight is 1990 g/mol. The van der Waals surface area contributed by atoms with Crippen molar-refractivity contribution in [2.24, 2.45) is 0 Å². The highest BCUT2D eigenvalue weighted by Crippen LogP contribution is 2.38. The number of aryl methyl sites for hydroxylation is 3. The lowest BCUT2D eigenvalue weighted by Gasteiger charge is -2.19. The molecule has 8 heterocycles. The predicted octanol–water partition coefficient (Wildman–Crippen LogP) is 26.5. The number of hydrogen-bond acceptors (Lipinski definition) is 31. The maximum atomic E-state index is 13.0. The minimum Gasteiger partial charge on any atom is -0.444 e. The van der Waals surface area contributed by atoms with Gasteiger partial charge in [-0.2, -0.15) is 13.2 Å². The molecule has 0 bridgehead atoms. The van der Waals surface area contributed by atoms with E-state index in [1.54, 1.807) is 186 Å². The van der Waals surface area contributed by atoms with Gasteiger partial charge in [0.1, 0.15) is 106 Å². The predicted molar refractivity (Wildman–Crippen MR) is 525 cm³/mol. The average Bonchev–Trinajstić information content (AvgIpc) is 1.29. The van der Waals surface area contributed by atoms with Crippen LogP contribution in [0.25, 0.3) is 34.2 Å². The van der Waals surface area contributed by atoms with Gasteiger partial charge in [-0.15, -0.1) is 34.0 Å². The number of carbonyl (C=O) groups is 6. The molecule has 5 amide bonds. The van der Waals surface area contributed by atoms with Crippen LogP contribution in [0.3, 0.4) is 0 Å². The Labute approximate surface area is 805 Å². The lowest BCUT2D eigenvalue weighted by atomic mass is 10.2. The third-order valence-electron chi connectivity index (χ3n) is 15.7. The number of alkyl halides is 4. The molecule has 0 aliphatic heterocycles. The standard InChI is InChI=1S/C22H15ClF3N5O2S.C19H20N4O3S.C17H18BrN3O4.C17H19N3O4.C14H12N4OS.5CH4/c1-12-29-19(10-34-12)18-9-20(28-11-27-18)33-15-4-2-3-13(7-15)30-21(32)31-14-5-6-17(23)16(8-14)22(24,25)26;1-12-22-16(10-27-12)15-9-17(21-11-20-15)25-14-7-5-6-13(8-14)23-18(24)26-19(2,3)4;1-17(2,3)25-16(23)21-11-5-4-6-12(7-11)24-15-8-13(14(22)9-18)19-10-20-15;1-11(21)14-9-15(19-10-18-14)23-13-7-5-6-12(8-13)20-16(22)24-17(2,3)4;1-9-18-13(7-20-9)12-6-14(17-8-16-12)19-11-4-2-3-10(15)5-11;;;;;/h2-11H,1H3,(H2,30,31,32);5-11H,1-4H3,(H,23,24);4-8,10H,9H2,1-3H3,(H,21,23);5-10H,1-4H3,(H,20,22);2-8H,15H2,1H3;5*1H4. The minimum absolute atomic E-state index is 0. The topological polar surface area (TPSA) is 430 Å². The molecule has 0 saturated heterocycles. The second-order valence-electron chi connectivity index (χ2n) is 29.9. The summed E-state index contributed by atoms with van der Waals surface area (Å²) in [7, 11) is 0. The van der Waals surface area contributed by atoms with Gasteiger partial charge in [0, 0.05) is 118 Å². The van der Waals surface area contributed by atoms with E-state index in [9.17, 15) is 41.9 Å². The molecule has 14 rings (SSSR count). The highest BCUT2D eigenvalue weighted by Gasteiger charge is 2.34. The molecule has 0 aliphatic rings. The fourth-order valence-corrected chi connectivity index (χ4v) is 12.7. The van der Waals surface area contributed by atoms with E-state index in [2.05, 4.69) is 107 Å². The van der Waals surface area contributed by atoms with Crippen LogP contribution in [0.4, 0.5) is 66.5 Å². The number of aromatic nitrogens is 13. The molecule has 14 aromatic rings. The molecular formula is C94H104BrClF3N19O14S3. The molecule has 0 radical (unpaired) electrons. The van der Waals surface area contributed by atoms with Crippen molar-refractivity contribution in [2.75, 3.05) is 37.6 Å². The summed E-state index contributed by atoms with van der Waals surface area (Å²) in [5, 5.41) is 21.2. The molecule has 0 atom stereocenters. The van der Waals surface area contributed by atoms with Crippen molar-refractivity contribution in [3.8, 4) is 92.3 Å². The first-order chi connectivity index (χ1) is 61.6. The summed E-state index contributed by atoms with van der Waals surface area (Å²) in [6.07, 6.45) is 0.489. The molecule has 0 saturated carbocycles. The summed E-state index contributed by atoms with van der Waals surface area (Å²) in [4.78, 5) is 125. The normalized spacial score (nSPS) is 10.5. The van der Waals surface area contributed by atoms with Gasteiger partial charge < -0.3 is 54.3 Å². The number of ketones is 2. The van der Waals surface area contributed by atoms with Crippen LogP contribution in [0.2, 0.25) is 5.02 Å². The number of hydrogen-bond donors (Lipinski definition) is 6. The monoisotopic (exact) mass is 1990 g/mol. The third kappa shape index (κ3) is 37.9. The van der Waals surface area contributed by atoms with Gasteiger partial charge in [0.2, 0.25) is 29.4 Å². The van der Waals surface area contributed by atoms with E-state index in [4.69, 9.17) is 55.2 Å². The number of Topliss-reactive ketones (excluding diaryl/α,β-unsaturated/α-hetero) is 2. The molecule has 41 heteroatoms. The fraction of sp³-hybridized carbons (Fsp3) is 0.245. The van der Waals surface area contributed by atoms with Crippen LogP contribution in [0.1, 0.15) is 148 Å². The van der Waals surface area contributed by atoms with E-state index in [1.165, 1.54) is 74.2 Å². The van der Waals surface area contributed by atoms with Gasteiger partial charge in [0.05, 0.1) is 48.0 Å². The molecule has 0 unspecified atom stereocenters. The molecule has 0 aliphatic carbocycles. The van der Waals surface area contributed by atoms with Crippen molar-refractivity contribution in [3.05, 3.63) is 255 Å². The van der Waals surface area contributed by atoms with Gasteiger partial charge in [0.15, 0.2) is 11.6 Å². The van der Waals surface area contributed by atoms with E-state index in [0.717, 1.165) is 44.2 Å². The van der Waals surface area contributed by atoms with Crippen molar-refractivity contribution in [2.45, 2.75) is 150 Å². The molecule has 6 aromatic carbocycles. The highest BCUT2D eigenvalue weighted by molar-refractivity contribution is 9.09. The zero-order chi connectivity index (χ0) is 93.9. The third-order valence-corrected chi connectivity index (χ3v) is 18.8. The lowest BCUT2D eigenvalue weighted by Crippen LogP contribution is -2.27. The van der Waals surface area contributed by atoms with Crippen molar-refractivity contribution >= 4 is 132 Å². The molecule has 0 spiro atoms. The van der Waals surface area contributed by atoms with Crippen molar-refractivity contribution in [3.63, 3.8) is 0 Å². The van der Waals surface area contributed by atoms with Gasteiger partial charge in [-0.1, -0.05) is 95.0 Å². The number of nitrogen functional groups attached to an aromatic ring is 1. The van der Waals surface area contributed by atoms with Crippen molar-refractivity contribution in [1.82, 2.24) is 64.8 Å². The highest BCUT2D eigenvalue weighted by atomic mass is 79.9. The van der Waals surface area contributed by atoms with Crippen LogP contribution in [0, 0.1) is 20.8 Å². The zero-order valence-corrected chi connectivity index (χ0v) is 76.5. The van der Waals surface area contributed by atoms with Crippen LogP contribution in [-0.2, 0) is 20.4 Å². The number of rotatable bonds is 21. The maximum Gasteiger partial charge on any atom is 0.417 e. The summed E-state index contributed by atoms with van der Waals surface area (Å²) in [6.45, 7) is 23.3. The second-order valence-corrected chi connectivity index (χ2v) is 34.1. The number of carbonyl (C=O) groups excluding carboxylic acids is 6. The number of nitrogens with zero attached hydrogens (tertiary/aromatic N) is 13. The SMILES string of the molecule is C.C.C.C.C.CC(=O)c1cc(Oc2cccc(NC(=O)OC(C)(C)C)c2)ncn1.CC(C)(C)OC(=O)Nc1cccc(Oc2cc(C(=O)CBr)ncn2)c1.Cc1nc(-c2cc(Oc3cccc(N)c3)ncn2)cs1.Cc1nc(-c2cc(Oc3cccc(NC(=O)Nc4ccc(Cl)c(C(F)(F)F)c4)c3)ncn2)cs1.Cc1nc(-c2cc(Oc3cccc(NC(=O)OC(C)(C)C)c3)ncn2)cs1. The molecule has 8 aromatic heterocycles. The van der Waals surface area contributed by atoms with Crippen LogP contribution >= 0.6 is 61.5 Å². The van der Waals surface area contributed by atoms with E-state index in [-0.39, 0.29) is 88.7 Å². The first-order valence-corrected chi connectivity index (χ1v) is 42.9. The first-order valence-electron chi connectivity index (χ1n) is 38.7. The number of nitrogens with one attached hydrogen (secondary N) is 5. The molecule has 33 nitrogen and oxygen atoms in total. The van der Waals surface area contributed by atoms with Crippen LogP contribution in [-0.4, -0.2) is 123 Å². The Balaban J connectivity index is 0.000000298. The first kappa shape index (κ1) is 111. The Morgan fingerprint density at radius 1 is 0.378 bits per heavy atom. The number of urea groups is 1. The van der Waals surface area contributed by atoms with E-state index in [1.807, 2.05) is 69.8 Å². The van der Waals surface area contributed by atoms with Gasteiger partial charge in [-0.05, 0) is 162 Å². The Morgan fingerprint density at radius 3 is 0.978 bits per heavy atom. The van der Waals surface area contributed by atoms with Gasteiger partial charge in [-0.3, -0.25) is 25.5 Å². The second kappa shape index (κ2) is 51.4. The summed E-state index contributed by atoms with van der Waals surface area (Å²) in [5.74, 6) is 3.70. The maximum absolute atomic E-state index is 13.0. The van der Waals surface area contributed by atoms with Gasteiger partial charge in [-0.25, -0.2) is 84.0 Å². The van der Waals surface area contributed by atoms with Crippen LogP contribution < -0.4 is 56.0 Å². The Kier molecular flexibility index (Phi) is 42.2. The lowest BCUT2D eigenvalue weighted by molar-refractivity contribution is -0.137.